The summed E-state index contributed by atoms with van der Waals surface area (Å²) in [6, 6.07) is 0. The lowest BCUT2D eigenvalue weighted by Gasteiger charge is -2.37. The van der Waals surface area contributed by atoms with Gasteiger partial charge in [0.15, 0.2) is 5.82 Å². The molecule has 0 radical (unpaired) electrons. The van der Waals surface area contributed by atoms with E-state index in [1.54, 1.807) is 0 Å². The molecule has 0 aromatic carbocycles. The Balaban J connectivity index is 1.50. The summed E-state index contributed by atoms with van der Waals surface area (Å²) in [6.07, 6.45) is 4.58. The number of hydrogen-bond donors (Lipinski definition) is 1. The van der Waals surface area contributed by atoms with Crippen molar-refractivity contribution in [2.75, 3.05) is 19.8 Å². The molecular weight excluding hydrogens is 294 g/mol. The summed E-state index contributed by atoms with van der Waals surface area (Å²) in [5.41, 5.74) is 0.114. The fourth-order valence-corrected chi connectivity index (χ4v) is 3.65. The number of aromatic nitrogens is 4. The molecule has 2 aliphatic rings. The van der Waals surface area contributed by atoms with Crippen LogP contribution in [0, 0.1) is 17.3 Å². The lowest BCUT2D eigenvalue weighted by molar-refractivity contribution is -0.126. The summed E-state index contributed by atoms with van der Waals surface area (Å²) in [6.45, 7) is 7.65. The van der Waals surface area contributed by atoms with Gasteiger partial charge in [0.2, 0.25) is 5.91 Å². The molecule has 1 amide bonds. The van der Waals surface area contributed by atoms with Gasteiger partial charge in [0.05, 0.1) is 0 Å². The first-order chi connectivity index (χ1) is 11.1. The predicted molar refractivity (Wildman–Crippen MR) is 84.6 cm³/mol. The van der Waals surface area contributed by atoms with Crippen molar-refractivity contribution in [1.82, 2.24) is 25.5 Å². The third kappa shape index (κ3) is 3.88. The number of carbonyl (C=O) groups is 1. The van der Waals surface area contributed by atoms with Crippen molar-refractivity contribution in [3.8, 4) is 0 Å². The van der Waals surface area contributed by atoms with Gasteiger partial charge in [-0.1, -0.05) is 13.8 Å². The first-order valence-electron chi connectivity index (χ1n) is 8.67. The van der Waals surface area contributed by atoms with Crippen molar-refractivity contribution in [3.05, 3.63) is 5.82 Å². The van der Waals surface area contributed by atoms with Gasteiger partial charge in [-0.15, -0.1) is 5.10 Å². The number of aryl methyl sites for hydroxylation is 2. The number of tetrazole rings is 1. The highest BCUT2D eigenvalue weighted by Gasteiger charge is 2.32. The zero-order chi connectivity index (χ0) is 16.3. The molecule has 0 spiro atoms. The van der Waals surface area contributed by atoms with E-state index in [0.717, 1.165) is 64.2 Å². The second-order valence-electron chi connectivity index (χ2n) is 7.44. The van der Waals surface area contributed by atoms with Crippen molar-refractivity contribution >= 4 is 5.91 Å². The van der Waals surface area contributed by atoms with Crippen LogP contribution in [0.3, 0.4) is 0 Å². The van der Waals surface area contributed by atoms with Gasteiger partial charge >= 0.3 is 0 Å². The van der Waals surface area contributed by atoms with Crippen LogP contribution < -0.4 is 5.32 Å². The number of hydrogen-bond acceptors (Lipinski definition) is 5. The maximum atomic E-state index is 12.6. The maximum absolute atomic E-state index is 12.6. The van der Waals surface area contributed by atoms with E-state index in [-0.39, 0.29) is 17.2 Å². The molecule has 0 saturated carbocycles. The minimum atomic E-state index is 0.0454. The fraction of sp³-hybridized carbons (Fsp3) is 0.875. The Morgan fingerprint density at radius 2 is 2.09 bits per heavy atom. The van der Waals surface area contributed by atoms with Gasteiger partial charge in [0, 0.05) is 38.6 Å². The number of ether oxygens (including phenoxy) is 1. The van der Waals surface area contributed by atoms with Crippen LogP contribution in [-0.2, 0) is 22.5 Å². The molecule has 1 atom stereocenters. The Kier molecular flexibility index (Phi) is 4.94. The van der Waals surface area contributed by atoms with E-state index in [0.29, 0.717) is 5.92 Å². The molecule has 1 fully saturated rings. The Bertz CT molecular complexity index is 514. The second kappa shape index (κ2) is 6.95. The standard InChI is InChI=1S/C16H27N5O2/c1-16(2,13-6-9-23-10-7-13)11-17-15(22)12-3-4-14-18-19-20-21(14)8-5-12/h12-13H,3-11H2,1-2H3,(H,17,22). The summed E-state index contributed by atoms with van der Waals surface area (Å²) in [5, 5.41) is 14.9. The van der Waals surface area contributed by atoms with Gasteiger partial charge < -0.3 is 10.1 Å². The number of rotatable bonds is 4. The minimum absolute atomic E-state index is 0.0454. The number of carbonyl (C=O) groups excluding carboxylic acids is 1. The minimum Gasteiger partial charge on any atom is -0.381 e. The number of nitrogens with zero attached hydrogens (tertiary/aromatic N) is 4. The Morgan fingerprint density at radius 3 is 2.87 bits per heavy atom. The highest BCUT2D eigenvalue weighted by molar-refractivity contribution is 5.78. The van der Waals surface area contributed by atoms with Crippen LogP contribution in [0.2, 0.25) is 0 Å². The van der Waals surface area contributed by atoms with E-state index in [2.05, 4.69) is 34.7 Å². The molecule has 2 aliphatic heterocycles. The van der Waals surface area contributed by atoms with Gasteiger partial charge in [-0.25, -0.2) is 4.68 Å². The third-order valence-corrected chi connectivity index (χ3v) is 5.43. The van der Waals surface area contributed by atoms with Crippen LogP contribution in [0.5, 0.6) is 0 Å². The van der Waals surface area contributed by atoms with Gasteiger partial charge in [-0.3, -0.25) is 4.79 Å². The molecule has 7 heteroatoms. The van der Waals surface area contributed by atoms with Crippen molar-refractivity contribution < 1.29 is 9.53 Å². The van der Waals surface area contributed by atoms with E-state index in [9.17, 15) is 4.79 Å². The number of amides is 1. The van der Waals surface area contributed by atoms with Crippen LogP contribution >= 0.6 is 0 Å². The largest absolute Gasteiger partial charge is 0.381 e. The Hall–Kier alpha value is -1.50. The predicted octanol–water partition coefficient (Wildman–Crippen LogP) is 1.19. The molecule has 7 nitrogen and oxygen atoms in total. The lowest BCUT2D eigenvalue weighted by Crippen LogP contribution is -2.42. The zero-order valence-electron chi connectivity index (χ0n) is 14.1. The lowest BCUT2D eigenvalue weighted by atomic mass is 9.74. The summed E-state index contributed by atoms with van der Waals surface area (Å²) in [7, 11) is 0. The molecule has 23 heavy (non-hydrogen) atoms. The van der Waals surface area contributed by atoms with Crippen LogP contribution in [0.1, 0.15) is 45.4 Å². The Labute approximate surface area is 137 Å². The summed E-state index contributed by atoms with van der Waals surface area (Å²) >= 11 is 0. The highest BCUT2D eigenvalue weighted by atomic mass is 16.5. The van der Waals surface area contributed by atoms with Crippen molar-refractivity contribution in [3.63, 3.8) is 0 Å². The molecule has 1 aromatic rings. The van der Waals surface area contributed by atoms with Crippen LogP contribution in [0.25, 0.3) is 0 Å². The SMILES string of the molecule is CC(C)(CNC(=O)C1CCc2nnnn2CC1)C1CCOCC1. The Morgan fingerprint density at radius 1 is 1.30 bits per heavy atom. The molecule has 128 valence electrons. The summed E-state index contributed by atoms with van der Waals surface area (Å²) in [4.78, 5) is 12.6. The topological polar surface area (TPSA) is 81.9 Å². The molecule has 3 heterocycles. The smallest absolute Gasteiger partial charge is 0.223 e. The van der Waals surface area contributed by atoms with Gasteiger partial charge in [-0.05, 0) is 47.4 Å². The maximum Gasteiger partial charge on any atom is 0.223 e. The molecule has 1 aromatic heterocycles. The summed E-state index contributed by atoms with van der Waals surface area (Å²) in [5.74, 6) is 1.72. The van der Waals surface area contributed by atoms with Crippen molar-refractivity contribution in [1.29, 1.82) is 0 Å². The highest BCUT2D eigenvalue weighted by Crippen LogP contribution is 2.33. The van der Waals surface area contributed by atoms with E-state index >= 15 is 0 Å². The fourth-order valence-electron chi connectivity index (χ4n) is 3.65. The van der Waals surface area contributed by atoms with E-state index < -0.39 is 0 Å². The molecular formula is C16H27N5O2. The van der Waals surface area contributed by atoms with Crippen LogP contribution in [-0.4, -0.2) is 45.9 Å². The molecule has 0 aliphatic carbocycles. The first-order valence-corrected chi connectivity index (χ1v) is 8.67. The molecule has 1 unspecified atom stereocenters. The second-order valence-corrected chi connectivity index (χ2v) is 7.44. The number of fused-ring (bicyclic) bond motifs is 1. The van der Waals surface area contributed by atoms with Crippen molar-refractivity contribution in [2.45, 2.75) is 52.5 Å². The first kappa shape index (κ1) is 16.4. The van der Waals surface area contributed by atoms with E-state index in [4.69, 9.17) is 4.74 Å². The van der Waals surface area contributed by atoms with Gasteiger partial charge in [0.1, 0.15) is 0 Å². The van der Waals surface area contributed by atoms with E-state index in [1.807, 2.05) is 4.68 Å². The summed E-state index contributed by atoms with van der Waals surface area (Å²) < 4.78 is 7.26. The monoisotopic (exact) mass is 321 g/mol. The quantitative estimate of drug-likeness (QED) is 0.901. The van der Waals surface area contributed by atoms with Crippen LogP contribution in [0.15, 0.2) is 0 Å². The van der Waals surface area contributed by atoms with Crippen molar-refractivity contribution in [2.24, 2.45) is 17.3 Å². The van der Waals surface area contributed by atoms with E-state index in [1.165, 1.54) is 0 Å². The average Bonchev–Trinajstić information content (AvgIpc) is 2.92. The van der Waals surface area contributed by atoms with Crippen LogP contribution in [0.4, 0.5) is 0 Å². The molecule has 3 rings (SSSR count). The van der Waals surface area contributed by atoms with Gasteiger partial charge in [0.25, 0.3) is 0 Å². The molecule has 1 saturated heterocycles. The molecule has 0 bridgehead atoms. The third-order valence-electron chi connectivity index (χ3n) is 5.43. The van der Waals surface area contributed by atoms with Gasteiger partial charge in [-0.2, -0.15) is 0 Å². The average molecular weight is 321 g/mol. The number of nitrogens with one attached hydrogen (secondary N) is 1. The molecule has 1 N–H and O–H groups in total. The zero-order valence-corrected chi connectivity index (χ0v) is 14.1. The normalized spacial score (nSPS) is 23.1.